The molecule has 0 atom stereocenters. The second-order valence-corrected chi connectivity index (χ2v) is 10.9. The van der Waals surface area contributed by atoms with E-state index in [1.807, 2.05) is 42.6 Å². The molecule has 1 aliphatic rings. The molecule has 0 aliphatic carbocycles. The number of nitrogens with one attached hydrogen (secondary N) is 1. The molecule has 34 heavy (non-hydrogen) atoms. The number of pyridine rings is 1. The number of hydrogen-bond donors (Lipinski definition) is 1. The number of nitriles is 1. The third-order valence-corrected chi connectivity index (χ3v) is 7.73. The van der Waals surface area contributed by atoms with Crippen molar-refractivity contribution >= 4 is 20.7 Å². The Bertz CT molecular complexity index is 1470. The first-order valence-corrected chi connectivity index (χ1v) is 13.3. The number of hydrogen-bond acceptors (Lipinski definition) is 5. The lowest BCUT2D eigenvalue weighted by atomic mass is 9.95. The fourth-order valence-electron chi connectivity index (χ4n) is 4.74. The Kier molecular flexibility index (Phi) is 5.94. The molecule has 5 rings (SSSR count). The van der Waals surface area contributed by atoms with Gasteiger partial charge < -0.3 is 9.88 Å². The standard InChI is InChI=1S/C27H26N4O2S/c1-34(32,33)23-8-6-22(7-9-23)27-26(21-4-2-19(16-28)3-5-21)24-12-15-31(25(24)17-30-27)18-20-10-13-29-14-11-20/h2-9,12,15,17,20,29H,10-11,13-14,18H2,1H3. The Balaban J connectivity index is 1.64. The summed E-state index contributed by atoms with van der Waals surface area (Å²) in [7, 11) is -3.28. The maximum absolute atomic E-state index is 11.9. The molecule has 172 valence electrons. The summed E-state index contributed by atoms with van der Waals surface area (Å²) in [4.78, 5) is 5.15. The number of piperidine rings is 1. The van der Waals surface area contributed by atoms with Gasteiger partial charge in [0.05, 0.1) is 33.9 Å². The molecule has 1 N–H and O–H groups in total. The Morgan fingerprint density at radius 3 is 2.35 bits per heavy atom. The lowest BCUT2D eigenvalue weighted by Gasteiger charge is -2.23. The van der Waals surface area contributed by atoms with Crippen LogP contribution in [0.25, 0.3) is 33.3 Å². The van der Waals surface area contributed by atoms with Gasteiger partial charge in [-0.05, 0) is 67.7 Å². The number of rotatable bonds is 5. The largest absolute Gasteiger partial charge is 0.346 e. The summed E-state index contributed by atoms with van der Waals surface area (Å²) in [5.74, 6) is 0.637. The van der Waals surface area contributed by atoms with Crippen LogP contribution >= 0.6 is 0 Å². The highest BCUT2D eigenvalue weighted by Crippen LogP contribution is 2.37. The molecule has 0 radical (unpaired) electrons. The van der Waals surface area contributed by atoms with E-state index in [1.165, 1.54) is 19.1 Å². The smallest absolute Gasteiger partial charge is 0.175 e. The molecule has 2 aromatic carbocycles. The zero-order valence-electron chi connectivity index (χ0n) is 19.0. The van der Waals surface area contributed by atoms with Gasteiger partial charge in [0.2, 0.25) is 0 Å². The van der Waals surface area contributed by atoms with Crippen molar-refractivity contribution < 1.29 is 8.42 Å². The molecule has 1 fully saturated rings. The topological polar surface area (TPSA) is 87.8 Å². The zero-order chi connectivity index (χ0) is 23.7. The van der Waals surface area contributed by atoms with Crippen LogP contribution in [0.1, 0.15) is 18.4 Å². The van der Waals surface area contributed by atoms with E-state index in [9.17, 15) is 13.7 Å². The van der Waals surface area contributed by atoms with Crippen LogP contribution in [0.5, 0.6) is 0 Å². The molecule has 6 nitrogen and oxygen atoms in total. The lowest BCUT2D eigenvalue weighted by Crippen LogP contribution is -2.29. The minimum absolute atomic E-state index is 0.283. The van der Waals surface area contributed by atoms with Crippen molar-refractivity contribution in [2.45, 2.75) is 24.3 Å². The highest BCUT2D eigenvalue weighted by atomic mass is 32.2. The average molecular weight is 471 g/mol. The number of benzene rings is 2. The number of fused-ring (bicyclic) bond motifs is 1. The number of aromatic nitrogens is 2. The third-order valence-electron chi connectivity index (χ3n) is 6.60. The van der Waals surface area contributed by atoms with Crippen LogP contribution in [0, 0.1) is 17.2 Å². The van der Waals surface area contributed by atoms with Crippen LogP contribution in [0.15, 0.2) is 71.9 Å². The summed E-state index contributed by atoms with van der Waals surface area (Å²) in [6.07, 6.45) is 7.60. The Morgan fingerprint density at radius 2 is 1.71 bits per heavy atom. The molecule has 3 heterocycles. The Labute approximate surface area is 199 Å². The maximum atomic E-state index is 11.9. The van der Waals surface area contributed by atoms with Gasteiger partial charge in [-0.2, -0.15) is 5.26 Å². The average Bonchev–Trinajstić information content (AvgIpc) is 3.26. The van der Waals surface area contributed by atoms with E-state index in [2.05, 4.69) is 28.2 Å². The Hall–Kier alpha value is -3.47. The highest BCUT2D eigenvalue weighted by molar-refractivity contribution is 7.90. The lowest BCUT2D eigenvalue weighted by molar-refractivity contribution is 0.337. The predicted octanol–water partition coefficient (Wildman–Crippen LogP) is 4.65. The van der Waals surface area contributed by atoms with Gasteiger partial charge in [0.15, 0.2) is 9.84 Å². The van der Waals surface area contributed by atoms with Crippen LogP contribution in [0.3, 0.4) is 0 Å². The minimum Gasteiger partial charge on any atom is -0.346 e. The minimum atomic E-state index is -3.28. The maximum Gasteiger partial charge on any atom is 0.175 e. The van der Waals surface area contributed by atoms with Crippen LogP contribution in [0.4, 0.5) is 0 Å². The molecule has 4 aromatic rings. The molecular weight excluding hydrogens is 444 g/mol. The molecule has 0 amide bonds. The molecule has 0 unspecified atom stereocenters. The van der Waals surface area contributed by atoms with E-state index in [1.54, 1.807) is 12.1 Å². The van der Waals surface area contributed by atoms with Gasteiger partial charge in [-0.25, -0.2) is 8.42 Å². The first-order valence-electron chi connectivity index (χ1n) is 11.4. The van der Waals surface area contributed by atoms with Gasteiger partial charge in [-0.15, -0.1) is 0 Å². The summed E-state index contributed by atoms with van der Waals surface area (Å²) in [5.41, 5.74) is 5.27. The molecule has 2 aromatic heterocycles. The van der Waals surface area contributed by atoms with Gasteiger partial charge in [0.25, 0.3) is 0 Å². The molecule has 1 saturated heterocycles. The predicted molar refractivity (Wildman–Crippen MR) is 134 cm³/mol. The molecular formula is C27H26N4O2S. The SMILES string of the molecule is CS(=O)(=O)c1ccc(-c2ncc3c(ccn3CC3CCNCC3)c2-c2ccc(C#N)cc2)cc1. The summed E-state index contributed by atoms with van der Waals surface area (Å²) < 4.78 is 26.1. The van der Waals surface area contributed by atoms with Gasteiger partial charge >= 0.3 is 0 Å². The van der Waals surface area contributed by atoms with Crippen molar-refractivity contribution in [1.82, 2.24) is 14.9 Å². The first kappa shape index (κ1) is 22.3. The molecule has 7 heteroatoms. The quantitative estimate of drug-likeness (QED) is 0.459. The van der Waals surface area contributed by atoms with Crippen molar-refractivity contribution in [2.24, 2.45) is 5.92 Å². The third kappa shape index (κ3) is 4.35. The van der Waals surface area contributed by atoms with E-state index in [0.717, 1.165) is 52.9 Å². The van der Waals surface area contributed by atoms with E-state index in [-0.39, 0.29) is 4.90 Å². The van der Waals surface area contributed by atoms with Crippen molar-refractivity contribution in [3.8, 4) is 28.5 Å². The summed E-state index contributed by atoms with van der Waals surface area (Å²) in [6, 6.07) is 18.7. The second kappa shape index (κ2) is 9.05. The monoisotopic (exact) mass is 470 g/mol. The molecule has 1 aliphatic heterocycles. The normalized spacial score (nSPS) is 14.8. The fraction of sp³-hybridized carbons (Fsp3) is 0.259. The number of nitrogens with zero attached hydrogens (tertiary/aromatic N) is 3. The van der Waals surface area contributed by atoms with Crippen molar-refractivity contribution in [2.75, 3.05) is 19.3 Å². The van der Waals surface area contributed by atoms with Gasteiger partial charge in [-0.3, -0.25) is 4.98 Å². The van der Waals surface area contributed by atoms with Gasteiger partial charge in [0, 0.05) is 35.5 Å². The summed E-state index contributed by atoms with van der Waals surface area (Å²) in [6.45, 7) is 3.08. The van der Waals surface area contributed by atoms with Crippen molar-refractivity contribution in [3.63, 3.8) is 0 Å². The van der Waals surface area contributed by atoms with E-state index < -0.39 is 9.84 Å². The fourth-order valence-corrected chi connectivity index (χ4v) is 5.37. The first-order chi connectivity index (χ1) is 16.4. The van der Waals surface area contributed by atoms with Crippen LogP contribution in [0.2, 0.25) is 0 Å². The van der Waals surface area contributed by atoms with Crippen molar-refractivity contribution in [1.29, 1.82) is 5.26 Å². The highest BCUT2D eigenvalue weighted by Gasteiger charge is 2.19. The summed E-state index contributed by atoms with van der Waals surface area (Å²) in [5, 5.41) is 13.8. The van der Waals surface area contributed by atoms with Gasteiger partial charge in [-0.1, -0.05) is 24.3 Å². The van der Waals surface area contributed by atoms with Crippen molar-refractivity contribution in [3.05, 3.63) is 72.6 Å². The van der Waals surface area contributed by atoms with Crippen LogP contribution < -0.4 is 5.32 Å². The van der Waals surface area contributed by atoms with E-state index in [4.69, 9.17) is 4.98 Å². The van der Waals surface area contributed by atoms with E-state index in [0.29, 0.717) is 11.5 Å². The summed E-state index contributed by atoms with van der Waals surface area (Å²) >= 11 is 0. The molecule has 0 spiro atoms. The Morgan fingerprint density at radius 1 is 1.03 bits per heavy atom. The molecule has 0 saturated carbocycles. The van der Waals surface area contributed by atoms with Crippen LogP contribution in [-0.2, 0) is 16.4 Å². The van der Waals surface area contributed by atoms with Crippen LogP contribution in [-0.4, -0.2) is 37.3 Å². The number of sulfone groups is 1. The zero-order valence-corrected chi connectivity index (χ0v) is 19.8. The molecule has 0 bridgehead atoms. The van der Waals surface area contributed by atoms with E-state index >= 15 is 0 Å². The second-order valence-electron chi connectivity index (χ2n) is 8.93. The van der Waals surface area contributed by atoms with Gasteiger partial charge in [0.1, 0.15) is 0 Å².